The smallest absolute Gasteiger partial charge is 0.331 e. The van der Waals surface area contributed by atoms with Gasteiger partial charge in [-0.25, -0.2) is 22.9 Å². The minimum Gasteiger partial charge on any atom is -0.331 e. The Balaban J connectivity index is 1.53. The van der Waals surface area contributed by atoms with Crippen molar-refractivity contribution >= 4 is 22.9 Å². The normalized spacial score (nSPS) is 17.2. The summed E-state index contributed by atoms with van der Waals surface area (Å²) in [6, 6.07) is 6.93. The van der Waals surface area contributed by atoms with Gasteiger partial charge < -0.3 is 4.90 Å². The third kappa shape index (κ3) is 4.54. The van der Waals surface area contributed by atoms with E-state index < -0.39 is 41.1 Å². The van der Waals surface area contributed by atoms with E-state index in [0.717, 1.165) is 34.0 Å². The summed E-state index contributed by atoms with van der Waals surface area (Å²) in [6.45, 7) is -0.894. The number of halogens is 6. The molecule has 4 rings (SSSR count). The lowest BCUT2D eigenvalue weighted by atomic mass is 9.97. The van der Waals surface area contributed by atoms with Gasteiger partial charge in [0, 0.05) is 10.5 Å². The lowest BCUT2D eigenvalue weighted by Gasteiger charge is -2.30. The quantitative estimate of drug-likeness (QED) is 0.527. The fraction of sp³-hybridized carbons (Fsp3) is 0.250. The Morgan fingerprint density at radius 1 is 1.09 bits per heavy atom. The zero-order valence-corrected chi connectivity index (χ0v) is 16.9. The Bertz CT molecular complexity index is 1220. The fourth-order valence-electron chi connectivity index (χ4n) is 3.28. The van der Waals surface area contributed by atoms with Crippen molar-refractivity contribution in [2.24, 2.45) is 0 Å². The third-order valence-corrected chi connectivity index (χ3v) is 5.89. The standard InChI is InChI=1S/C20H14F6N4OS/c21-12-3-1-11(2-4-12)17-14(22)8-29(9-15(17)23)18-27-10-30(19(31)28-18)7-13-5-6-16(32-13)20(24,25)26/h1-6,10,14H,7-9H2. The summed E-state index contributed by atoms with van der Waals surface area (Å²) in [4.78, 5) is 20.6. The molecule has 0 amide bonds. The molecule has 1 aromatic carbocycles. The van der Waals surface area contributed by atoms with Crippen LogP contribution in [0.3, 0.4) is 0 Å². The largest absolute Gasteiger partial charge is 0.425 e. The SMILES string of the molecule is O=c1nc(N2CC(F)=C(c3ccc(F)cc3)C(F)C2)ncn1Cc1ccc(C(F)(F)F)s1. The Hall–Kier alpha value is -3.15. The highest BCUT2D eigenvalue weighted by molar-refractivity contribution is 7.12. The molecule has 0 bridgehead atoms. The van der Waals surface area contributed by atoms with E-state index in [1.807, 2.05) is 0 Å². The van der Waals surface area contributed by atoms with Crippen molar-refractivity contribution in [1.82, 2.24) is 14.5 Å². The Morgan fingerprint density at radius 2 is 1.81 bits per heavy atom. The Morgan fingerprint density at radius 3 is 2.41 bits per heavy atom. The van der Waals surface area contributed by atoms with E-state index in [1.54, 1.807) is 0 Å². The van der Waals surface area contributed by atoms with Gasteiger partial charge in [-0.1, -0.05) is 12.1 Å². The second kappa shape index (κ2) is 8.41. The molecule has 0 fully saturated rings. The first-order valence-electron chi connectivity index (χ1n) is 9.24. The lowest BCUT2D eigenvalue weighted by Crippen LogP contribution is -2.40. The van der Waals surface area contributed by atoms with Crippen LogP contribution in [0.4, 0.5) is 32.3 Å². The topological polar surface area (TPSA) is 51.0 Å². The third-order valence-electron chi connectivity index (χ3n) is 4.78. The van der Waals surface area contributed by atoms with Crippen LogP contribution in [-0.2, 0) is 12.7 Å². The minimum absolute atomic E-state index is 0.172. The van der Waals surface area contributed by atoms with Gasteiger partial charge in [0.05, 0.1) is 19.6 Å². The second-order valence-electron chi connectivity index (χ2n) is 7.00. The van der Waals surface area contributed by atoms with Gasteiger partial charge in [0.2, 0.25) is 5.95 Å². The van der Waals surface area contributed by atoms with E-state index >= 15 is 0 Å². The van der Waals surface area contributed by atoms with E-state index in [1.165, 1.54) is 18.2 Å². The molecule has 5 nitrogen and oxygen atoms in total. The van der Waals surface area contributed by atoms with Crippen molar-refractivity contribution in [3.63, 3.8) is 0 Å². The molecule has 1 aliphatic heterocycles. The first-order chi connectivity index (χ1) is 15.1. The number of nitrogens with zero attached hydrogens (tertiary/aromatic N) is 4. The van der Waals surface area contributed by atoms with Gasteiger partial charge in [-0.3, -0.25) is 4.57 Å². The lowest BCUT2D eigenvalue weighted by molar-refractivity contribution is -0.134. The van der Waals surface area contributed by atoms with Crippen molar-refractivity contribution < 1.29 is 26.3 Å². The number of hydrogen-bond acceptors (Lipinski definition) is 5. The molecule has 0 saturated heterocycles. The van der Waals surface area contributed by atoms with Gasteiger partial charge in [-0.15, -0.1) is 11.3 Å². The molecule has 3 aromatic rings. The molecule has 32 heavy (non-hydrogen) atoms. The molecule has 3 heterocycles. The Kier molecular flexibility index (Phi) is 5.80. The van der Waals surface area contributed by atoms with Gasteiger partial charge in [-0.05, 0) is 29.8 Å². The van der Waals surface area contributed by atoms with Crippen molar-refractivity contribution in [3.05, 3.63) is 80.2 Å². The number of rotatable bonds is 4. The molecule has 0 spiro atoms. The summed E-state index contributed by atoms with van der Waals surface area (Å²) in [7, 11) is 0. The van der Waals surface area contributed by atoms with Gasteiger partial charge >= 0.3 is 11.9 Å². The molecule has 1 atom stereocenters. The Labute approximate surface area is 181 Å². The van der Waals surface area contributed by atoms with Crippen molar-refractivity contribution in [3.8, 4) is 0 Å². The highest BCUT2D eigenvalue weighted by Crippen LogP contribution is 2.35. The van der Waals surface area contributed by atoms with Gasteiger partial charge in [-0.2, -0.15) is 18.2 Å². The van der Waals surface area contributed by atoms with Crippen LogP contribution in [0.5, 0.6) is 0 Å². The maximum Gasteiger partial charge on any atom is 0.425 e. The van der Waals surface area contributed by atoms with Crippen LogP contribution in [0.2, 0.25) is 0 Å². The van der Waals surface area contributed by atoms with Crippen LogP contribution in [-0.4, -0.2) is 33.8 Å². The van der Waals surface area contributed by atoms with Crippen molar-refractivity contribution in [1.29, 1.82) is 0 Å². The summed E-state index contributed by atoms with van der Waals surface area (Å²) in [5, 5.41) is 0. The molecule has 0 N–H and O–H groups in total. The molecule has 12 heteroatoms. The zero-order chi connectivity index (χ0) is 23.0. The molecule has 0 aliphatic carbocycles. The number of anilines is 1. The van der Waals surface area contributed by atoms with Gasteiger partial charge in [0.1, 0.15) is 29.0 Å². The number of thiophene rings is 1. The summed E-state index contributed by atoms with van der Waals surface area (Å²) < 4.78 is 81.6. The van der Waals surface area contributed by atoms with Crippen LogP contribution in [0.1, 0.15) is 15.3 Å². The van der Waals surface area contributed by atoms with Crippen LogP contribution >= 0.6 is 11.3 Å². The summed E-state index contributed by atoms with van der Waals surface area (Å²) >= 11 is 0.496. The van der Waals surface area contributed by atoms with E-state index in [-0.39, 0.29) is 35.1 Å². The number of hydrogen-bond donors (Lipinski definition) is 0. The van der Waals surface area contributed by atoms with E-state index in [9.17, 15) is 31.1 Å². The van der Waals surface area contributed by atoms with Gasteiger partial charge in [0.25, 0.3) is 0 Å². The van der Waals surface area contributed by atoms with Crippen LogP contribution in [0, 0.1) is 5.82 Å². The van der Waals surface area contributed by atoms with Crippen molar-refractivity contribution in [2.45, 2.75) is 18.9 Å². The molecule has 1 unspecified atom stereocenters. The monoisotopic (exact) mass is 472 g/mol. The fourth-order valence-corrected chi connectivity index (χ4v) is 4.16. The van der Waals surface area contributed by atoms with Crippen LogP contribution < -0.4 is 10.6 Å². The molecule has 168 valence electrons. The highest BCUT2D eigenvalue weighted by atomic mass is 32.1. The number of aromatic nitrogens is 3. The average molecular weight is 472 g/mol. The zero-order valence-electron chi connectivity index (χ0n) is 16.1. The van der Waals surface area contributed by atoms with Crippen LogP contribution in [0.25, 0.3) is 5.57 Å². The maximum absolute atomic E-state index is 14.7. The summed E-state index contributed by atoms with van der Waals surface area (Å²) in [5.41, 5.74) is -0.810. The minimum atomic E-state index is -4.48. The summed E-state index contributed by atoms with van der Waals surface area (Å²) in [5.74, 6) is -1.54. The molecule has 0 saturated carbocycles. The predicted molar refractivity (Wildman–Crippen MR) is 106 cm³/mol. The highest BCUT2D eigenvalue weighted by Gasteiger charge is 2.33. The number of benzene rings is 1. The first kappa shape index (κ1) is 22.1. The van der Waals surface area contributed by atoms with E-state index in [2.05, 4.69) is 9.97 Å². The maximum atomic E-state index is 14.7. The van der Waals surface area contributed by atoms with E-state index in [4.69, 9.17) is 0 Å². The number of alkyl halides is 4. The molecule has 2 aromatic heterocycles. The summed E-state index contributed by atoms with van der Waals surface area (Å²) in [6.07, 6.45) is -5.18. The first-order valence-corrected chi connectivity index (χ1v) is 10.1. The molecular formula is C20H14F6N4OS. The molecule has 1 aliphatic rings. The van der Waals surface area contributed by atoms with Crippen LogP contribution in [0.15, 0.2) is 53.3 Å². The van der Waals surface area contributed by atoms with E-state index in [0.29, 0.717) is 11.3 Å². The average Bonchev–Trinajstić information content (AvgIpc) is 3.19. The molecule has 0 radical (unpaired) electrons. The second-order valence-corrected chi connectivity index (χ2v) is 8.17. The van der Waals surface area contributed by atoms with Gasteiger partial charge in [0.15, 0.2) is 0 Å². The molecular weight excluding hydrogens is 458 g/mol. The van der Waals surface area contributed by atoms with Crippen molar-refractivity contribution in [2.75, 3.05) is 18.0 Å². The predicted octanol–water partition coefficient (Wildman–Crippen LogP) is 4.44.